The van der Waals surface area contributed by atoms with Gasteiger partial charge in [-0.2, -0.15) is 0 Å². The van der Waals surface area contributed by atoms with E-state index in [0.717, 1.165) is 16.8 Å². The second-order valence-corrected chi connectivity index (χ2v) is 7.27. The van der Waals surface area contributed by atoms with Crippen LogP contribution in [0, 0.1) is 19.8 Å². The smallest absolute Gasteiger partial charge is 0.321 e. The van der Waals surface area contributed by atoms with E-state index >= 15 is 0 Å². The molecule has 2 aromatic carbocycles. The largest absolute Gasteiger partial charge is 0.324 e. The number of carbonyl (C=O) groups excluding carboxylic acids is 2. The van der Waals surface area contributed by atoms with Crippen LogP contribution in [0.4, 0.5) is 10.5 Å². The molecule has 0 radical (unpaired) electrons. The Morgan fingerprint density at radius 1 is 1.00 bits per heavy atom. The molecule has 2 aromatic rings. The summed E-state index contributed by atoms with van der Waals surface area (Å²) in [6.07, 6.45) is 1.36. The highest BCUT2D eigenvalue weighted by atomic mass is 35.5. The molecule has 4 nitrogen and oxygen atoms in total. The van der Waals surface area contributed by atoms with Crippen LogP contribution in [0.2, 0.25) is 5.02 Å². The lowest BCUT2D eigenvalue weighted by molar-refractivity contribution is 0.0859. The van der Waals surface area contributed by atoms with Crippen LogP contribution in [0.5, 0.6) is 0 Å². The molecule has 0 saturated carbocycles. The number of ketones is 1. The summed E-state index contributed by atoms with van der Waals surface area (Å²) in [5.74, 6) is 0.0943. The number of halogens is 1. The van der Waals surface area contributed by atoms with E-state index in [4.69, 9.17) is 11.6 Å². The molecular weight excluding hydrogens is 348 g/mol. The first-order valence-corrected chi connectivity index (χ1v) is 9.25. The van der Waals surface area contributed by atoms with Gasteiger partial charge in [0.1, 0.15) is 0 Å². The molecule has 0 spiro atoms. The molecule has 0 bridgehead atoms. The lowest BCUT2D eigenvalue weighted by atomic mass is 9.89. The first-order chi connectivity index (χ1) is 12.5. The van der Waals surface area contributed by atoms with E-state index < -0.39 is 0 Å². The molecule has 1 saturated heterocycles. The van der Waals surface area contributed by atoms with Crippen LogP contribution in [0.3, 0.4) is 0 Å². The van der Waals surface area contributed by atoms with Crippen molar-refractivity contribution < 1.29 is 9.59 Å². The van der Waals surface area contributed by atoms with Crippen LogP contribution >= 0.6 is 11.6 Å². The molecule has 1 aliphatic heterocycles. The quantitative estimate of drug-likeness (QED) is 0.765. The van der Waals surface area contributed by atoms with E-state index in [1.54, 1.807) is 29.2 Å². The van der Waals surface area contributed by atoms with Crippen molar-refractivity contribution in [3.8, 4) is 0 Å². The number of nitrogens with one attached hydrogen (secondary N) is 1. The fraction of sp³-hybridized carbons (Fsp3) is 0.333. The number of carbonyl (C=O) groups is 2. The van der Waals surface area contributed by atoms with Crippen molar-refractivity contribution in [1.82, 2.24) is 4.90 Å². The first-order valence-electron chi connectivity index (χ1n) is 8.87. The zero-order chi connectivity index (χ0) is 18.7. The predicted molar refractivity (Wildman–Crippen MR) is 105 cm³/mol. The average molecular weight is 371 g/mol. The van der Waals surface area contributed by atoms with Gasteiger partial charge in [0.05, 0.1) is 0 Å². The molecule has 2 amide bonds. The first kappa shape index (κ1) is 18.5. The molecule has 0 unspecified atom stereocenters. The van der Waals surface area contributed by atoms with Gasteiger partial charge in [0.2, 0.25) is 0 Å². The molecule has 1 heterocycles. The van der Waals surface area contributed by atoms with Gasteiger partial charge in [-0.05, 0) is 62.1 Å². The molecule has 5 heteroatoms. The molecule has 1 fully saturated rings. The minimum Gasteiger partial charge on any atom is -0.324 e. The Morgan fingerprint density at radius 3 is 2.15 bits per heavy atom. The van der Waals surface area contributed by atoms with Gasteiger partial charge in [-0.15, -0.1) is 0 Å². The number of para-hydroxylation sites is 1. The Morgan fingerprint density at radius 2 is 1.58 bits per heavy atom. The number of hydrogen-bond donors (Lipinski definition) is 1. The van der Waals surface area contributed by atoms with Gasteiger partial charge in [0, 0.05) is 35.3 Å². The molecule has 0 aromatic heterocycles. The molecule has 1 aliphatic rings. The van der Waals surface area contributed by atoms with Crippen LogP contribution in [0.15, 0.2) is 42.5 Å². The Bertz CT molecular complexity index is 789. The SMILES string of the molecule is Cc1cccc(C)c1NC(=O)N1CCC(C(=O)c2ccc(Cl)cc2)CC1. The van der Waals surface area contributed by atoms with E-state index in [-0.39, 0.29) is 17.7 Å². The summed E-state index contributed by atoms with van der Waals surface area (Å²) in [4.78, 5) is 27.0. The fourth-order valence-corrected chi connectivity index (χ4v) is 3.52. The number of nitrogens with zero attached hydrogens (tertiary/aromatic N) is 1. The van der Waals surface area contributed by atoms with Gasteiger partial charge >= 0.3 is 6.03 Å². The lowest BCUT2D eigenvalue weighted by Gasteiger charge is -2.31. The summed E-state index contributed by atoms with van der Waals surface area (Å²) in [6, 6.07) is 12.9. The van der Waals surface area contributed by atoms with E-state index in [1.807, 2.05) is 32.0 Å². The number of rotatable bonds is 3. The minimum atomic E-state index is -0.0974. The van der Waals surface area contributed by atoms with Crippen LogP contribution < -0.4 is 5.32 Å². The van der Waals surface area contributed by atoms with E-state index in [1.165, 1.54) is 0 Å². The Labute approximate surface area is 159 Å². The van der Waals surface area contributed by atoms with Gasteiger partial charge in [-0.25, -0.2) is 4.79 Å². The third-order valence-electron chi connectivity index (χ3n) is 4.99. The second kappa shape index (κ2) is 7.92. The number of aryl methyl sites for hydroxylation is 2. The van der Waals surface area contributed by atoms with Gasteiger partial charge in [0.25, 0.3) is 0 Å². The molecule has 26 heavy (non-hydrogen) atoms. The maximum Gasteiger partial charge on any atom is 0.321 e. The number of urea groups is 1. The fourth-order valence-electron chi connectivity index (χ4n) is 3.39. The molecule has 136 valence electrons. The van der Waals surface area contributed by atoms with Crippen molar-refractivity contribution >= 4 is 29.1 Å². The topological polar surface area (TPSA) is 49.4 Å². The highest BCUT2D eigenvalue weighted by Crippen LogP contribution is 2.24. The van der Waals surface area contributed by atoms with E-state index in [2.05, 4.69) is 5.32 Å². The highest BCUT2D eigenvalue weighted by molar-refractivity contribution is 6.30. The van der Waals surface area contributed by atoms with E-state index in [0.29, 0.717) is 36.5 Å². The van der Waals surface area contributed by atoms with Crippen molar-refractivity contribution in [3.63, 3.8) is 0 Å². The summed E-state index contributed by atoms with van der Waals surface area (Å²) in [5, 5.41) is 3.64. The Balaban J connectivity index is 1.58. The minimum absolute atomic E-state index is 0.0413. The number of anilines is 1. The zero-order valence-corrected chi connectivity index (χ0v) is 15.8. The summed E-state index contributed by atoms with van der Waals surface area (Å²) in [6.45, 7) is 5.14. The van der Waals surface area contributed by atoms with Crippen LogP contribution in [0.1, 0.15) is 34.3 Å². The monoisotopic (exact) mass is 370 g/mol. The number of amides is 2. The highest BCUT2D eigenvalue weighted by Gasteiger charge is 2.28. The van der Waals surface area contributed by atoms with Crippen molar-refractivity contribution in [2.75, 3.05) is 18.4 Å². The van der Waals surface area contributed by atoms with E-state index in [9.17, 15) is 9.59 Å². The van der Waals surface area contributed by atoms with Gasteiger partial charge in [-0.3, -0.25) is 4.79 Å². The summed E-state index contributed by atoms with van der Waals surface area (Å²) in [5.41, 5.74) is 3.65. The standard InChI is InChI=1S/C21H23ClN2O2/c1-14-4-3-5-15(2)19(14)23-21(26)24-12-10-17(11-13-24)20(25)16-6-8-18(22)9-7-16/h3-9,17H,10-13H2,1-2H3,(H,23,26). The van der Waals surface area contributed by atoms with Gasteiger partial charge in [-0.1, -0.05) is 29.8 Å². The zero-order valence-electron chi connectivity index (χ0n) is 15.1. The molecule has 0 atom stereocenters. The third-order valence-corrected chi connectivity index (χ3v) is 5.25. The Hall–Kier alpha value is -2.33. The van der Waals surface area contributed by atoms with Crippen LogP contribution in [0.25, 0.3) is 0 Å². The van der Waals surface area contributed by atoms with Gasteiger partial charge < -0.3 is 10.2 Å². The van der Waals surface area contributed by atoms with Gasteiger partial charge in [0.15, 0.2) is 5.78 Å². The normalized spacial score (nSPS) is 15.0. The summed E-state index contributed by atoms with van der Waals surface area (Å²) in [7, 11) is 0. The lowest BCUT2D eigenvalue weighted by Crippen LogP contribution is -2.42. The molecule has 0 aliphatic carbocycles. The molecule has 1 N–H and O–H groups in total. The average Bonchev–Trinajstić information content (AvgIpc) is 2.65. The maximum absolute atomic E-state index is 12.6. The Kier molecular flexibility index (Phi) is 5.62. The molecule has 3 rings (SSSR count). The number of benzene rings is 2. The van der Waals surface area contributed by atoms with Crippen LogP contribution in [-0.2, 0) is 0 Å². The van der Waals surface area contributed by atoms with Crippen molar-refractivity contribution in [2.45, 2.75) is 26.7 Å². The number of hydrogen-bond acceptors (Lipinski definition) is 2. The summed E-state index contributed by atoms with van der Waals surface area (Å²) >= 11 is 5.88. The van der Waals surface area contributed by atoms with Crippen molar-refractivity contribution in [2.24, 2.45) is 5.92 Å². The third kappa shape index (κ3) is 4.07. The second-order valence-electron chi connectivity index (χ2n) is 6.83. The maximum atomic E-state index is 12.6. The summed E-state index contributed by atoms with van der Waals surface area (Å²) < 4.78 is 0. The number of likely N-dealkylation sites (tertiary alicyclic amines) is 1. The molecular formula is C21H23ClN2O2. The predicted octanol–water partition coefficient (Wildman–Crippen LogP) is 5.08. The van der Waals surface area contributed by atoms with Crippen molar-refractivity contribution in [1.29, 1.82) is 0 Å². The van der Waals surface area contributed by atoms with Crippen LogP contribution in [-0.4, -0.2) is 29.8 Å². The number of piperidine rings is 1. The number of Topliss-reactive ketones (excluding diaryl/α,β-unsaturated/α-hetero) is 1. The van der Waals surface area contributed by atoms with Crippen molar-refractivity contribution in [3.05, 3.63) is 64.2 Å².